The number of benzene rings is 2. The van der Waals surface area contributed by atoms with E-state index < -0.39 is 0 Å². The third-order valence-corrected chi connectivity index (χ3v) is 3.73. The zero-order chi connectivity index (χ0) is 17.5. The zero-order valence-corrected chi connectivity index (χ0v) is 14.3. The Bertz CT molecular complexity index is 719. The molecule has 24 heavy (non-hydrogen) atoms. The highest BCUT2D eigenvalue weighted by Crippen LogP contribution is 2.27. The summed E-state index contributed by atoms with van der Waals surface area (Å²) >= 11 is 6.01. The molecule has 2 rings (SSSR count). The van der Waals surface area contributed by atoms with Crippen LogP contribution in [0.1, 0.15) is 12.0 Å². The Balaban J connectivity index is 1.89. The molecule has 0 aliphatic heterocycles. The molecular formula is C18H19ClN2O3. The lowest BCUT2D eigenvalue weighted by Crippen LogP contribution is -2.30. The molecule has 0 spiro atoms. The van der Waals surface area contributed by atoms with Crippen LogP contribution in [0.15, 0.2) is 48.5 Å². The maximum atomic E-state index is 12.1. The summed E-state index contributed by atoms with van der Waals surface area (Å²) in [5, 5.41) is 3.05. The highest BCUT2D eigenvalue weighted by Gasteiger charge is 2.15. The number of anilines is 1. The maximum Gasteiger partial charge on any atom is 0.233 e. The van der Waals surface area contributed by atoms with Crippen LogP contribution in [0.25, 0.3) is 0 Å². The molecule has 1 N–H and O–H groups in total. The van der Waals surface area contributed by atoms with Crippen molar-refractivity contribution in [2.24, 2.45) is 0 Å². The van der Waals surface area contributed by atoms with Crippen molar-refractivity contribution < 1.29 is 14.3 Å². The van der Waals surface area contributed by atoms with Crippen molar-refractivity contribution in [3.05, 3.63) is 59.1 Å². The van der Waals surface area contributed by atoms with Gasteiger partial charge in [0.2, 0.25) is 11.8 Å². The summed E-state index contributed by atoms with van der Waals surface area (Å²) in [6.45, 7) is 0.460. The predicted molar refractivity (Wildman–Crippen MR) is 94.2 cm³/mol. The smallest absolute Gasteiger partial charge is 0.233 e. The van der Waals surface area contributed by atoms with Crippen LogP contribution in [0.2, 0.25) is 5.02 Å². The SMILES string of the molecule is COc1ccc(NC(=O)CC(=O)N(C)Cc2ccccc2)cc1Cl. The van der Waals surface area contributed by atoms with E-state index in [0.29, 0.717) is 23.0 Å². The third kappa shape index (κ3) is 4.99. The molecule has 2 amide bonds. The lowest BCUT2D eigenvalue weighted by atomic mass is 10.2. The van der Waals surface area contributed by atoms with E-state index in [2.05, 4.69) is 5.32 Å². The van der Waals surface area contributed by atoms with Crippen LogP contribution in [0, 0.1) is 0 Å². The van der Waals surface area contributed by atoms with Crippen LogP contribution in [0.5, 0.6) is 5.75 Å². The van der Waals surface area contributed by atoms with Crippen LogP contribution in [-0.4, -0.2) is 30.9 Å². The van der Waals surface area contributed by atoms with E-state index in [4.69, 9.17) is 16.3 Å². The molecule has 0 atom stereocenters. The molecule has 0 radical (unpaired) electrons. The lowest BCUT2D eigenvalue weighted by molar-refractivity contribution is -0.133. The Labute approximate surface area is 146 Å². The third-order valence-electron chi connectivity index (χ3n) is 3.44. The molecule has 0 aromatic heterocycles. The number of nitrogens with zero attached hydrogens (tertiary/aromatic N) is 1. The van der Waals surface area contributed by atoms with Gasteiger partial charge in [0.15, 0.2) is 0 Å². The first kappa shape index (κ1) is 17.8. The molecule has 0 aliphatic carbocycles. The summed E-state index contributed by atoms with van der Waals surface area (Å²) < 4.78 is 5.05. The number of carbonyl (C=O) groups is 2. The second kappa shape index (κ2) is 8.36. The van der Waals surface area contributed by atoms with Gasteiger partial charge in [-0.15, -0.1) is 0 Å². The molecule has 0 heterocycles. The zero-order valence-electron chi connectivity index (χ0n) is 13.6. The van der Waals surface area contributed by atoms with Crippen molar-refractivity contribution in [1.82, 2.24) is 4.90 Å². The van der Waals surface area contributed by atoms with Crippen LogP contribution >= 0.6 is 11.6 Å². The largest absolute Gasteiger partial charge is 0.495 e. The number of ether oxygens (including phenoxy) is 1. The minimum Gasteiger partial charge on any atom is -0.495 e. The number of amides is 2. The fourth-order valence-electron chi connectivity index (χ4n) is 2.17. The first-order valence-electron chi connectivity index (χ1n) is 7.41. The van der Waals surface area contributed by atoms with Crippen molar-refractivity contribution in [3.8, 4) is 5.75 Å². The predicted octanol–water partition coefficient (Wildman–Crippen LogP) is 3.34. The van der Waals surface area contributed by atoms with Crippen LogP contribution in [0.3, 0.4) is 0 Å². The van der Waals surface area contributed by atoms with Crippen LogP contribution in [-0.2, 0) is 16.1 Å². The normalized spacial score (nSPS) is 10.1. The number of halogens is 1. The summed E-state index contributed by atoms with van der Waals surface area (Å²) in [6.07, 6.45) is -0.229. The average molecular weight is 347 g/mol. The van der Waals surface area contributed by atoms with Crippen molar-refractivity contribution in [2.75, 3.05) is 19.5 Å². The second-order valence-corrected chi connectivity index (χ2v) is 5.72. The fourth-order valence-corrected chi connectivity index (χ4v) is 2.42. The van der Waals surface area contributed by atoms with Gasteiger partial charge in [-0.1, -0.05) is 41.9 Å². The number of methoxy groups -OCH3 is 1. The van der Waals surface area contributed by atoms with Gasteiger partial charge >= 0.3 is 0 Å². The van der Waals surface area contributed by atoms with E-state index in [0.717, 1.165) is 5.56 Å². The van der Waals surface area contributed by atoms with E-state index >= 15 is 0 Å². The molecule has 2 aromatic carbocycles. The monoisotopic (exact) mass is 346 g/mol. The second-order valence-electron chi connectivity index (χ2n) is 5.31. The maximum absolute atomic E-state index is 12.1. The minimum atomic E-state index is -0.388. The van der Waals surface area contributed by atoms with Crippen LogP contribution in [0.4, 0.5) is 5.69 Å². The van der Waals surface area contributed by atoms with Gasteiger partial charge in [-0.2, -0.15) is 0 Å². The van der Waals surface area contributed by atoms with Gasteiger partial charge in [-0.05, 0) is 23.8 Å². The van der Waals surface area contributed by atoms with Crippen LogP contribution < -0.4 is 10.1 Å². The first-order valence-corrected chi connectivity index (χ1v) is 7.78. The Hall–Kier alpha value is -2.53. The van der Waals surface area contributed by atoms with Gasteiger partial charge < -0.3 is 15.0 Å². The molecule has 0 unspecified atom stereocenters. The van der Waals surface area contributed by atoms with E-state index in [-0.39, 0.29) is 18.2 Å². The van der Waals surface area contributed by atoms with Crippen molar-refractivity contribution in [3.63, 3.8) is 0 Å². The Morgan fingerprint density at radius 1 is 1.17 bits per heavy atom. The molecule has 126 valence electrons. The lowest BCUT2D eigenvalue weighted by Gasteiger charge is -2.17. The minimum absolute atomic E-state index is 0.229. The summed E-state index contributed by atoms with van der Waals surface area (Å²) in [6, 6.07) is 14.5. The van der Waals surface area contributed by atoms with E-state index in [1.165, 1.54) is 12.0 Å². The van der Waals surface area contributed by atoms with Gasteiger partial charge in [-0.25, -0.2) is 0 Å². The molecule has 2 aromatic rings. The highest BCUT2D eigenvalue weighted by atomic mass is 35.5. The molecule has 0 aliphatic rings. The van der Waals surface area contributed by atoms with E-state index in [1.54, 1.807) is 25.2 Å². The number of rotatable bonds is 6. The number of hydrogen-bond acceptors (Lipinski definition) is 3. The Morgan fingerprint density at radius 2 is 1.88 bits per heavy atom. The summed E-state index contributed by atoms with van der Waals surface area (Å²) in [5.41, 5.74) is 1.53. The Morgan fingerprint density at radius 3 is 2.50 bits per heavy atom. The number of hydrogen-bond donors (Lipinski definition) is 1. The summed E-state index contributed by atoms with van der Waals surface area (Å²) in [5.74, 6) is -0.120. The topological polar surface area (TPSA) is 58.6 Å². The van der Waals surface area contributed by atoms with Crippen molar-refractivity contribution in [1.29, 1.82) is 0 Å². The molecule has 0 fully saturated rings. The van der Waals surface area contributed by atoms with Gasteiger partial charge in [0, 0.05) is 19.3 Å². The first-order chi connectivity index (χ1) is 11.5. The van der Waals surface area contributed by atoms with Crippen molar-refractivity contribution in [2.45, 2.75) is 13.0 Å². The van der Waals surface area contributed by atoms with Gasteiger partial charge in [-0.3, -0.25) is 9.59 Å². The van der Waals surface area contributed by atoms with Gasteiger partial charge in [0.25, 0.3) is 0 Å². The van der Waals surface area contributed by atoms with Gasteiger partial charge in [0.1, 0.15) is 12.2 Å². The molecule has 5 nitrogen and oxygen atoms in total. The number of nitrogens with one attached hydrogen (secondary N) is 1. The molecule has 0 saturated carbocycles. The highest BCUT2D eigenvalue weighted by molar-refractivity contribution is 6.32. The van der Waals surface area contributed by atoms with E-state index in [1.807, 2.05) is 30.3 Å². The molecule has 6 heteroatoms. The standard InChI is InChI=1S/C18H19ClN2O3/c1-21(12-13-6-4-3-5-7-13)18(23)11-17(22)20-14-8-9-16(24-2)15(19)10-14/h3-10H,11-12H2,1-2H3,(H,20,22). The molecular weight excluding hydrogens is 328 g/mol. The van der Waals surface area contributed by atoms with Gasteiger partial charge in [0.05, 0.1) is 12.1 Å². The summed E-state index contributed by atoms with van der Waals surface area (Å²) in [7, 11) is 3.19. The van der Waals surface area contributed by atoms with Crippen molar-refractivity contribution >= 4 is 29.1 Å². The van der Waals surface area contributed by atoms with E-state index in [9.17, 15) is 9.59 Å². The Kier molecular flexibility index (Phi) is 6.21. The summed E-state index contributed by atoms with van der Waals surface area (Å²) in [4.78, 5) is 25.7. The number of carbonyl (C=O) groups excluding carboxylic acids is 2. The fraction of sp³-hybridized carbons (Fsp3) is 0.222. The molecule has 0 saturated heterocycles. The molecule has 0 bridgehead atoms. The average Bonchev–Trinajstić information content (AvgIpc) is 2.55. The quantitative estimate of drug-likeness (QED) is 0.816.